The molecule has 0 bridgehead atoms. The van der Waals surface area contributed by atoms with Crippen LogP contribution in [0.2, 0.25) is 0 Å². The van der Waals surface area contributed by atoms with Crippen molar-refractivity contribution in [2.45, 2.75) is 6.18 Å². The molecule has 0 saturated carbocycles. The Morgan fingerprint density at radius 3 is 2.21 bits per heavy atom. The fraction of sp³-hybridized carbons (Fsp3) is 0.0769. The highest BCUT2D eigenvalue weighted by Gasteiger charge is 2.35. The number of rotatable bonds is 5. The van der Waals surface area contributed by atoms with Crippen LogP contribution in [0.3, 0.4) is 0 Å². The Kier molecular flexibility index (Phi) is 6.32. The van der Waals surface area contributed by atoms with Crippen LogP contribution in [0.25, 0.3) is 22.5 Å². The number of methoxy groups -OCH3 is 1. The molecule has 4 nitrogen and oxygen atoms in total. The first-order chi connectivity index (χ1) is 16.2. The summed E-state index contributed by atoms with van der Waals surface area (Å²) in [6.07, 6.45) is -4.87. The van der Waals surface area contributed by atoms with Crippen molar-refractivity contribution >= 4 is 11.6 Å². The van der Waals surface area contributed by atoms with E-state index in [0.29, 0.717) is 17.3 Å². The lowest BCUT2D eigenvalue weighted by Crippen LogP contribution is -2.19. The molecule has 0 atom stereocenters. The molecule has 4 rings (SSSR count). The minimum atomic E-state index is -4.87. The Hall–Kier alpha value is -4.20. The maximum atomic E-state index is 13.4. The molecule has 0 unspecified atom stereocenters. The highest BCUT2D eigenvalue weighted by molar-refractivity contribution is 6.05. The van der Waals surface area contributed by atoms with Gasteiger partial charge in [0.15, 0.2) is 0 Å². The van der Waals surface area contributed by atoms with Gasteiger partial charge in [0.1, 0.15) is 11.6 Å². The molecule has 3 aromatic carbocycles. The number of benzene rings is 3. The fourth-order valence-corrected chi connectivity index (χ4v) is 3.42. The molecular formula is C26H18F4N2O2. The summed E-state index contributed by atoms with van der Waals surface area (Å²) in [4.78, 5) is 17.2. The number of amides is 1. The van der Waals surface area contributed by atoms with Gasteiger partial charge in [-0.25, -0.2) is 9.37 Å². The van der Waals surface area contributed by atoms with E-state index in [2.05, 4.69) is 10.3 Å². The minimum Gasteiger partial charge on any atom is -0.497 e. The number of pyridine rings is 1. The Labute approximate surface area is 192 Å². The standard InChI is InChI=1S/C26H18F4N2O2/c1-34-20-11-8-16(9-12-20)23-6-3-7-24(32-23)17-4-2-5-19(14-17)31-25(33)21-13-10-18(27)15-22(21)26(28,29)30/h2-15H,1H3,(H,31,33). The molecule has 0 fully saturated rings. The number of carbonyl (C=O) groups excluding carboxylic acids is 1. The van der Waals surface area contributed by atoms with Crippen molar-refractivity contribution in [3.8, 4) is 28.3 Å². The average molecular weight is 466 g/mol. The molecule has 0 aliphatic carbocycles. The van der Waals surface area contributed by atoms with Gasteiger partial charge in [0.25, 0.3) is 5.91 Å². The van der Waals surface area contributed by atoms with Gasteiger partial charge < -0.3 is 10.1 Å². The van der Waals surface area contributed by atoms with Gasteiger partial charge in [0.2, 0.25) is 0 Å². The zero-order chi connectivity index (χ0) is 24.3. The highest BCUT2D eigenvalue weighted by Crippen LogP contribution is 2.33. The van der Waals surface area contributed by atoms with Crippen LogP contribution in [0.1, 0.15) is 15.9 Å². The van der Waals surface area contributed by atoms with E-state index in [-0.39, 0.29) is 5.69 Å². The summed E-state index contributed by atoms with van der Waals surface area (Å²) in [6, 6.07) is 21.4. The SMILES string of the molecule is COc1ccc(-c2cccc(-c3cccc(NC(=O)c4ccc(F)cc4C(F)(F)F)c3)n2)cc1. The van der Waals surface area contributed by atoms with Crippen molar-refractivity contribution in [1.82, 2.24) is 4.98 Å². The summed E-state index contributed by atoms with van der Waals surface area (Å²) < 4.78 is 58.3. The van der Waals surface area contributed by atoms with Crippen LogP contribution >= 0.6 is 0 Å². The normalized spacial score (nSPS) is 11.2. The largest absolute Gasteiger partial charge is 0.497 e. The van der Waals surface area contributed by atoms with E-state index >= 15 is 0 Å². The highest BCUT2D eigenvalue weighted by atomic mass is 19.4. The van der Waals surface area contributed by atoms with Crippen LogP contribution in [-0.2, 0) is 6.18 Å². The maximum Gasteiger partial charge on any atom is 0.417 e. The molecule has 34 heavy (non-hydrogen) atoms. The maximum absolute atomic E-state index is 13.4. The van der Waals surface area contributed by atoms with Crippen molar-refractivity contribution in [2.75, 3.05) is 12.4 Å². The zero-order valence-corrected chi connectivity index (χ0v) is 17.9. The van der Waals surface area contributed by atoms with Gasteiger partial charge >= 0.3 is 6.18 Å². The lowest BCUT2D eigenvalue weighted by molar-refractivity contribution is -0.138. The van der Waals surface area contributed by atoms with Gasteiger partial charge in [0.05, 0.1) is 29.6 Å². The number of halogens is 4. The number of carbonyl (C=O) groups is 1. The lowest BCUT2D eigenvalue weighted by atomic mass is 10.1. The summed E-state index contributed by atoms with van der Waals surface area (Å²) in [7, 11) is 1.58. The smallest absolute Gasteiger partial charge is 0.417 e. The minimum absolute atomic E-state index is 0.275. The molecular weight excluding hydrogens is 448 g/mol. The number of alkyl halides is 3. The van der Waals surface area contributed by atoms with Crippen LogP contribution < -0.4 is 10.1 Å². The Balaban J connectivity index is 1.60. The summed E-state index contributed by atoms with van der Waals surface area (Å²) in [5.74, 6) is -1.35. The molecule has 172 valence electrons. The second kappa shape index (κ2) is 9.35. The monoisotopic (exact) mass is 466 g/mol. The summed E-state index contributed by atoms with van der Waals surface area (Å²) in [6.45, 7) is 0. The van der Waals surface area contributed by atoms with E-state index in [0.717, 1.165) is 29.1 Å². The predicted octanol–water partition coefficient (Wildman–Crippen LogP) is 6.83. The van der Waals surface area contributed by atoms with E-state index in [1.54, 1.807) is 37.4 Å². The zero-order valence-electron chi connectivity index (χ0n) is 17.9. The van der Waals surface area contributed by atoms with Crippen LogP contribution in [-0.4, -0.2) is 18.0 Å². The molecule has 0 aliphatic heterocycles. The first kappa shape index (κ1) is 23.0. The van der Waals surface area contributed by atoms with Crippen LogP contribution in [0, 0.1) is 5.82 Å². The van der Waals surface area contributed by atoms with Gasteiger partial charge in [-0.15, -0.1) is 0 Å². The van der Waals surface area contributed by atoms with Gasteiger partial charge in [-0.3, -0.25) is 4.79 Å². The Morgan fingerprint density at radius 2 is 1.53 bits per heavy atom. The van der Waals surface area contributed by atoms with E-state index < -0.39 is 29.0 Å². The quantitative estimate of drug-likeness (QED) is 0.328. The predicted molar refractivity (Wildman–Crippen MR) is 121 cm³/mol. The number of hydrogen-bond donors (Lipinski definition) is 1. The van der Waals surface area contributed by atoms with Gasteiger partial charge in [0, 0.05) is 16.8 Å². The van der Waals surface area contributed by atoms with Gasteiger partial charge in [-0.2, -0.15) is 13.2 Å². The summed E-state index contributed by atoms with van der Waals surface area (Å²) in [5, 5.41) is 2.46. The number of aromatic nitrogens is 1. The second-order valence-corrected chi connectivity index (χ2v) is 7.36. The van der Waals surface area contributed by atoms with Crippen LogP contribution in [0.5, 0.6) is 5.75 Å². The van der Waals surface area contributed by atoms with E-state index in [9.17, 15) is 22.4 Å². The van der Waals surface area contributed by atoms with Crippen molar-refractivity contribution < 1.29 is 27.1 Å². The number of nitrogens with one attached hydrogen (secondary N) is 1. The van der Waals surface area contributed by atoms with E-state index in [1.807, 2.05) is 36.4 Å². The second-order valence-electron chi connectivity index (χ2n) is 7.36. The number of ether oxygens (including phenoxy) is 1. The molecule has 0 spiro atoms. The van der Waals surface area contributed by atoms with Crippen molar-refractivity contribution in [1.29, 1.82) is 0 Å². The first-order valence-electron chi connectivity index (χ1n) is 10.1. The first-order valence-corrected chi connectivity index (χ1v) is 10.1. The summed E-state index contributed by atoms with van der Waals surface area (Å²) in [5.41, 5.74) is 1.13. The van der Waals surface area contributed by atoms with Crippen molar-refractivity contribution in [2.24, 2.45) is 0 Å². The van der Waals surface area contributed by atoms with Gasteiger partial charge in [-0.1, -0.05) is 18.2 Å². The van der Waals surface area contributed by atoms with Crippen molar-refractivity contribution in [3.05, 3.63) is 102 Å². The van der Waals surface area contributed by atoms with Crippen molar-refractivity contribution in [3.63, 3.8) is 0 Å². The number of hydrogen-bond acceptors (Lipinski definition) is 3. The topological polar surface area (TPSA) is 51.2 Å². The molecule has 1 aromatic heterocycles. The molecule has 1 N–H and O–H groups in total. The number of nitrogens with zero attached hydrogens (tertiary/aromatic N) is 1. The molecule has 0 saturated heterocycles. The molecule has 4 aromatic rings. The Morgan fingerprint density at radius 1 is 0.853 bits per heavy atom. The third-order valence-corrected chi connectivity index (χ3v) is 5.08. The summed E-state index contributed by atoms with van der Waals surface area (Å²) >= 11 is 0. The third kappa shape index (κ3) is 5.06. The Bertz CT molecular complexity index is 1340. The third-order valence-electron chi connectivity index (χ3n) is 5.08. The molecule has 8 heteroatoms. The lowest BCUT2D eigenvalue weighted by Gasteiger charge is -2.13. The van der Waals surface area contributed by atoms with Crippen LogP contribution in [0.15, 0.2) is 84.9 Å². The number of anilines is 1. The van der Waals surface area contributed by atoms with Gasteiger partial charge in [-0.05, 0) is 66.7 Å². The molecule has 0 radical (unpaired) electrons. The van der Waals surface area contributed by atoms with Crippen LogP contribution in [0.4, 0.5) is 23.2 Å². The molecule has 1 amide bonds. The van der Waals surface area contributed by atoms with E-state index in [1.165, 1.54) is 0 Å². The average Bonchev–Trinajstić information content (AvgIpc) is 2.83. The van der Waals surface area contributed by atoms with E-state index in [4.69, 9.17) is 4.74 Å². The fourth-order valence-electron chi connectivity index (χ4n) is 3.42. The molecule has 1 heterocycles. The molecule has 0 aliphatic rings.